The van der Waals surface area contributed by atoms with Crippen LogP contribution in [0.15, 0.2) is 24.3 Å². The average Bonchev–Trinajstić information content (AvgIpc) is 2.89. The number of rotatable bonds is 6. The predicted molar refractivity (Wildman–Crippen MR) is 110 cm³/mol. The molecule has 1 saturated carbocycles. The van der Waals surface area contributed by atoms with Crippen LogP contribution >= 0.6 is 0 Å². The fraction of sp³-hybridized carbons (Fsp3) is 0.636. The van der Waals surface area contributed by atoms with Gasteiger partial charge in [-0.2, -0.15) is 0 Å². The van der Waals surface area contributed by atoms with E-state index in [0.29, 0.717) is 13.0 Å². The summed E-state index contributed by atoms with van der Waals surface area (Å²) >= 11 is 0. The molecule has 27 heavy (non-hydrogen) atoms. The van der Waals surface area contributed by atoms with Crippen LogP contribution in [0.1, 0.15) is 58.8 Å². The van der Waals surface area contributed by atoms with Crippen LogP contribution < -0.4 is 15.1 Å². The third kappa shape index (κ3) is 4.82. The monoisotopic (exact) mass is 371 g/mol. The van der Waals surface area contributed by atoms with E-state index in [2.05, 4.69) is 36.2 Å². The van der Waals surface area contributed by atoms with Crippen LogP contribution in [0.2, 0.25) is 0 Å². The Morgan fingerprint density at radius 3 is 2.30 bits per heavy atom. The molecule has 5 nitrogen and oxygen atoms in total. The van der Waals surface area contributed by atoms with Crippen LogP contribution in [0.3, 0.4) is 0 Å². The van der Waals surface area contributed by atoms with E-state index in [4.69, 9.17) is 0 Å². The van der Waals surface area contributed by atoms with Crippen molar-refractivity contribution in [2.75, 3.05) is 29.4 Å². The lowest BCUT2D eigenvalue weighted by molar-refractivity contribution is -0.127. The summed E-state index contributed by atoms with van der Waals surface area (Å²) in [7, 11) is 0. The molecular weight excluding hydrogens is 338 g/mol. The lowest BCUT2D eigenvalue weighted by atomic mass is 10.0. The quantitative estimate of drug-likeness (QED) is 0.776. The summed E-state index contributed by atoms with van der Waals surface area (Å²) in [6.45, 7) is 6.68. The van der Waals surface area contributed by atoms with Crippen LogP contribution in [0, 0.1) is 5.92 Å². The Morgan fingerprint density at radius 2 is 1.70 bits per heavy atom. The van der Waals surface area contributed by atoms with Gasteiger partial charge in [0.05, 0.1) is 5.92 Å². The van der Waals surface area contributed by atoms with E-state index in [1.54, 1.807) is 4.90 Å². The van der Waals surface area contributed by atoms with Gasteiger partial charge in [-0.1, -0.05) is 25.7 Å². The molecule has 1 unspecified atom stereocenters. The Labute approximate surface area is 163 Å². The van der Waals surface area contributed by atoms with E-state index >= 15 is 0 Å². The number of hydrogen-bond donors (Lipinski definition) is 1. The summed E-state index contributed by atoms with van der Waals surface area (Å²) in [5, 5.41) is 3.21. The summed E-state index contributed by atoms with van der Waals surface area (Å²) in [6.07, 6.45) is 7.39. The van der Waals surface area contributed by atoms with Crippen LogP contribution in [-0.4, -0.2) is 37.5 Å². The van der Waals surface area contributed by atoms with Gasteiger partial charge in [-0.25, -0.2) is 0 Å². The summed E-state index contributed by atoms with van der Waals surface area (Å²) in [5.41, 5.74) is 2.05. The summed E-state index contributed by atoms with van der Waals surface area (Å²) < 4.78 is 0. The SMILES string of the molecule is CCN(CC)c1ccc(N2CC(C(=O)NC3CCCCCC3)CC2=O)cc1. The molecule has 148 valence electrons. The number of hydrogen-bond acceptors (Lipinski definition) is 3. The second-order valence-electron chi connectivity index (χ2n) is 7.79. The van der Waals surface area contributed by atoms with Gasteiger partial charge in [-0.05, 0) is 51.0 Å². The van der Waals surface area contributed by atoms with Gasteiger partial charge in [0.1, 0.15) is 0 Å². The van der Waals surface area contributed by atoms with Gasteiger partial charge in [0, 0.05) is 43.5 Å². The maximum atomic E-state index is 12.7. The second kappa shape index (κ2) is 9.25. The first-order valence-corrected chi connectivity index (χ1v) is 10.6. The van der Waals surface area contributed by atoms with Crippen LogP contribution in [0.5, 0.6) is 0 Å². The van der Waals surface area contributed by atoms with Crippen molar-refractivity contribution >= 4 is 23.2 Å². The molecule has 1 atom stereocenters. The van der Waals surface area contributed by atoms with E-state index in [9.17, 15) is 9.59 Å². The van der Waals surface area contributed by atoms with E-state index in [0.717, 1.165) is 37.3 Å². The first-order chi connectivity index (χ1) is 13.1. The fourth-order valence-electron chi connectivity index (χ4n) is 4.31. The molecule has 1 heterocycles. The molecule has 0 bridgehead atoms. The molecule has 1 aliphatic carbocycles. The lowest BCUT2D eigenvalue weighted by Crippen LogP contribution is -2.39. The molecule has 1 aliphatic heterocycles. The average molecular weight is 372 g/mol. The van der Waals surface area contributed by atoms with Gasteiger partial charge >= 0.3 is 0 Å². The number of anilines is 2. The van der Waals surface area contributed by atoms with Crippen molar-refractivity contribution in [2.24, 2.45) is 5.92 Å². The van der Waals surface area contributed by atoms with Crippen molar-refractivity contribution in [3.63, 3.8) is 0 Å². The van der Waals surface area contributed by atoms with E-state index in [1.807, 2.05) is 12.1 Å². The maximum Gasteiger partial charge on any atom is 0.227 e. The van der Waals surface area contributed by atoms with Crippen molar-refractivity contribution in [3.05, 3.63) is 24.3 Å². The summed E-state index contributed by atoms with van der Waals surface area (Å²) in [4.78, 5) is 29.2. The van der Waals surface area contributed by atoms with Gasteiger partial charge in [0.2, 0.25) is 11.8 Å². The largest absolute Gasteiger partial charge is 0.372 e. The van der Waals surface area contributed by atoms with Gasteiger partial charge in [-0.15, -0.1) is 0 Å². The van der Waals surface area contributed by atoms with E-state index in [1.165, 1.54) is 25.7 Å². The minimum absolute atomic E-state index is 0.0478. The van der Waals surface area contributed by atoms with Crippen LogP contribution in [0.25, 0.3) is 0 Å². The number of carbonyl (C=O) groups excluding carboxylic acids is 2. The summed E-state index contributed by atoms with van der Waals surface area (Å²) in [6, 6.07) is 8.41. The molecule has 1 aromatic rings. The van der Waals surface area contributed by atoms with Gasteiger partial charge < -0.3 is 15.1 Å². The molecule has 1 N–H and O–H groups in total. The highest BCUT2D eigenvalue weighted by Crippen LogP contribution is 2.28. The molecular formula is C22H33N3O2. The fourth-order valence-corrected chi connectivity index (χ4v) is 4.31. The lowest BCUT2D eigenvalue weighted by Gasteiger charge is -2.23. The molecule has 2 amide bonds. The predicted octanol–water partition coefficient (Wildman–Crippen LogP) is 3.72. The molecule has 3 rings (SSSR count). The van der Waals surface area contributed by atoms with E-state index in [-0.39, 0.29) is 23.8 Å². The highest BCUT2D eigenvalue weighted by molar-refractivity contribution is 6.00. The Hall–Kier alpha value is -2.04. The minimum atomic E-state index is -0.233. The van der Waals surface area contributed by atoms with Crippen LogP contribution in [-0.2, 0) is 9.59 Å². The third-order valence-electron chi connectivity index (χ3n) is 5.99. The highest BCUT2D eigenvalue weighted by Gasteiger charge is 2.35. The minimum Gasteiger partial charge on any atom is -0.372 e. The van der Waals surface area contributed by atoms with Crippen molar-refractivity contribution in [1.29, 1.82) is 0 Å². The Morgan fingerprint density at radius 1 is 1.07 bits per heavy atom. The number of benzene rings is 1. The van der Waals surface area contributed by atoms with Crippen molar-refractivity contribution in [2.45, 2.75) is 64.8 Å². The molecule has 1 saturated heterocycles. The van der Waals surface area contributed by atoms with Gasteiger partial charge in [-0.3, -0.25) is 9.59 Å². The zero-order valence-corrected chi connectivity index (χ0v) is 16.7. The van der Waals surface area contributed by atoms with Crippen molar-refractivity contribution < 1.29 is 9.59 Å². The first-order valence-electron chi connectivity index (χ1n) is 10.6. The van der Waals surface area contributed by atoms with E-state index < -0.39 is 0 Å². The number of carbonyl (C=O) groups is 2. The van der Waals surface area contributed by atoms with Gasteiger partial charge in [0.15, 0.2) is 0 Å². The van der Waals surface area contributed by atoms with Gasteiger partial charge in [0.25, 0.3) is 0 Å². The Bertz CT molecular complexity index is 631. The highest BCUT2D eigenvalue weighted by atomic mass is 16.2. The molecule has 0 spiro atoms. The van der Waals surface area contributed by atoms with Crippen molar-refractivity contribution in [3.8, 4) is 0 Å². The third-order valence-corrected chi connectivity index (χ3v) is 5.99. The number of nitrogens with zero attached hydrogens (tertiary/aromatic N) is 2. The zero-order valence-electron chi connectivity index (χ0n) is 16.7. The smallest absolute Gasteiger partial charge is 0.227 e. The second-order valence-corrected chi connectivity index (χ2v) is 7.79. The zero-order chi connectivity index (χ0) is 19.2. The molecule has 2 aliphatic rings. The van der Waals surface area contributed by atoms with Crippen molar-refractivity contribution in [1.82, 2.24) is 5.32 Å². The normalized spacial score (nSPS) is 21.2. The maximum absolute atomic E-state index is 12.7. The first kappa shape index (κ1) is 19.7. The molecule has 0 aromatic heterocycles. The topological polar surface area (TPSA) is 52.6 Å². The summed E-state index contributed by atoms with van der Waals surface area (Å²) in [5.74, 6) is -0.132. The molecule has 1 aromatic carbocycles. The Balaban J connectivity index is 1.60. The van der Waals surface area contributed by atoms with Crippen LogP contribution in [0.4, 0.5) is 11.4 Å². The molecule has 2 fully saturated rings. The Kier molecular flexibility index (Phi) is 6.75. The molecule has 0 radical (unpaired) electrons. The molecule has 5 heteroatoms. The number of nitrogens with one attached hydrogen (secondary N) is 1. The standard InChI is InChI=1S/C22H33N3O2/c1-3-24(4-2)19-11-13-20(14-12-19)25-16-17(15-21(25)26)22(27)23-18-9-7-5-6-8-10-18/h11-14,17-18H,3-10,15-16H2,1-2H3,(H,23,27). The number of amides is 2.